The van der Waals surface area contributed by atoms with Crippen molar-refractivity contribution in [2.75, 3.05) is 18.8 Å². The maximum atomic E-state index is 12.5. The average molecular weight is 286 g/mol. The van der Waals surface area contributed by atoms with Gasteiger partial charge in [0.25, 0.3) is 5.91 Å². The van der Waals surface area contributed by atoms with Crippen molar-refractivity contribution in [2.24, 2.45) is 11.7 Å². The van der Waals surface area contributed by atoms with Gasteiger partial charge < -0.3 is 21.4 Å². The average Bonchev–Trinajstić information content (AvgIpc) is 2.89. The molecule has 6 heteroatoms. The van der Waals surface area contributed by atoms with E-state index < -0.39 is 0 Å². The van der Waals surface area contributed by atoms with E-state index in [1.54, 1.807) is 11.0 Å². The number of fused-ring (bicyclic) bond motifs is 1. The van der Waals surface area contributed by atoms with Gasteiger partial charge in [0.1, 0.15) is 5.69 Å². The van der Waals surface area contributed by atoms with Gasteiger partial charge in [-0.3, -0.25) is 9.59 Å². The molecule has 2 amide bonds. The van der Waals surface area contributed by atoms with Crippen molar-refractivity contribution in [2.45, 2.75) is 12.8 Å². The lowest BCUT2D eigenvalue weighted by molar-refractivity contribution is -0.123. The highest BCUT2D eigenvalue weighted by atomic mass is 16.2. The second kappa shape index (κ2) is 5.12. The maximum absolute atomic E-state index is 12.5. The fourth-order valence-corrected chi connectivity index (χ4v) is 2.80. The molecular formula is C15H18N4O2. The molecule has 1 saturated heterocycles. The third-order valence-electron chi connectivity index (χ3n) is 4.06. The number of likely N-dealkylation sites (tertiary alicyclic amines) is 1. The normalized spacial score (nSPS) is 16.3. The van der Waals surface area contributed by atoms with E-state index in [-0.39, 0.29) is 17.7 Å². The third kappa shape index (κ3) is 2.56. The van der Waals surface area contributed by atoms with Crippen LogP contribution in [0.3, 0.4) is 0 Å². The van der Waals surface area contributed by atoms with Crippen molar-refractivity contribution in [1.29, 1.82) is 0 Å². The second-order valence-corrected chi connectivity index (χ2v) is 5.50. The van der Waals surface area contributed by atoms with Crippen molar-refractivity contribution in [3.8, 4) is 0 Å². The Hall–Kier alpha value is -2.50. The highest BCUT2D eigenvalue weighted by molar-refractivity contribution is 5.98. The van der Waals surface area contributed by atoms with Crippen molar-refractivity contribution < 1.29 is 9.59 Å². The Morgan fingerprint density at radius 1 is 1.19 bits per heavy atom. The predicted octanol–water partition coefficient (Wildman–Crippen LogP) is 1.09. The van der Waals surface area contributed by atoms with Crippen LogP contribution in [0.5, 0.6) is 0 Å². The number of nitrogens with one attached hydrogen (secondary N) is 1. The maximum Gasteiger partial charge on any atom is 0.270 e. The summed E-state index contributed by atoms with van der Waals surface area (Å²) in [4.78, 5) is 28.5. The van der Waals surface area contributed by atoms with E-state index in [0.29, 0.717) is 37.3 Å². The van der Waals surface area contributed by atoms with Crippen molar-refractivity contribution in [3.05, 3.63) is 30.0 Å². The van der Waals surface area contributed by atoms with Gasteiger partial charge in [0.15, 0.2) is 0 Å². The van der Waals surface area contributed by atoms with Crippen LogP contribution in [0.4, 0.5) is 5.69 Å². The summed E-state index contributed by atoms with van der Waals surface area (Å²) in [6, 6.07) is 7.31. The monoisotopic (exact) mass is 286 g/mol. The molecule has 1 aliphatic rings. The first kappa shape index (κ1) is 13.5. The molecular weight excluding hydrogens is 268 g/mol. The number of hydrogen-bond acceptors (Lipinski definition) is 3. The molecule has 1 aromatic heterocycles. The molecule has 110 valence electrons. The van der Waals surface area contributed by atoms with Gasteiger partial charge in [-0.2, -0.15) is 0 Å². The minimum absolute atomic E-state index is 0.0484. The van der Waals surface area contributed by atoms with Gasteiger partial charge in [0, 0.05) is 35.6 Å². The number of nitrogens with zero attached hydrogens (tertiary/aromatic N) is 1. The van der Waals surface area contributed by atoms with Crippen molar-refractivity contribution in [3.63, 3.8) is 0 Å². The molecule has 0 unspecified atom stereocenters. The number of nitrogen functional groups attached to an aromatic ring is 1. The van der Waals surface area contributed by atoms with E-state index >= 15 is 0 Å². The lowest BCUT2D eigenvalue weighted by Crippen LogP contribution is -2.41. The molecule has 0 atom stereocenters. The number of piperidine rings is 1. The van der Waals surface area contributed by atoms with Gasteiger partial charge in [-0.25, -0.2) is 0 Å². The number of rotatable bonds is 2. The fraction of sp³-hybridized carbons (Fsp3) is 0.333. The summed E-state index contributed by atoms with van der Waals surface area (Å²) in [6.07, 6.45) is 1.27. The summed E-state index contributed by atoms with van der Waals surface area (Å²) >= 11 is 0. The lowest BCUT2D eigenvalue weighted by atomic mass is 9.96. The number of carbonyl (C=O) groups excluding carboxylic acids is 2. The molecule has 3 rings (SSSR count). The zero-order chi connectivity index (χ0) is 15.0. The Bertz CT molecular complexity index is 699. The van der Waals surface area contributed by atoms with Crippen LogP contribution in [0.15, 0.2) is 24.3 Å². The minimum atomic E-state index is -0.275. The highest BCUT2D eigenvalue weighted by Crippen LogP contribution is 2.22. The van der Waals surface area contributed by atoms with Gasteiger partial charge in [0.2, 0.25) is 5.91 Å². The number of primary amides is 1. The first-order chi connectivity index (χ1) is 10.0. The largest absolute Gasteiger partial charge is 0.399 e. The number of H-pyrrole nitrogens is 1. The minimum Gasteiger partial charge on any atom is -0.399 e. The van der Waals surface area contributed by atoms with Crippen LogP contribution >= 0.6 is 0 Å². The second-order valence-electron chi connectivity index (χ2n) is 5.50. The summed E-state index contributed by atoms with van der Waals surface area (Å²) < 4.78 is 0. The zero-order valence-electron chi connectivity index (χ0n) is 11.6. The molecule has 1 aliphatic heterocycles. The highest BCUT2D eigenvalue weighted by Gasteiger charge is 2.27. The summed E-state index contributed by atoms with van der Waals surface area (Å²) in [5, 5.41) is 0.922. The molecule has 2 aromatic rings. The number of anilines is 1. The Morgan fingerprint density at radius 3 is 2.57 bits per heavy atom. The van der Waals surface area contributed by atoms with Crippen LogP contribution in [-0.2, 0) is 4.79 Å². The number of aromatic amines is 1. The molecule has 6 nitrogen and oxygen atoms in total. The van der Waals surface area contributed by atoms with Crippen molar-refractivity contribution >= 4 is 28.4 Å². The molecule has 0 radical (unpaired) electrons. The van der Waals surface area contributed by atoms with E-state index in [0.717, 1.165) is 10.9 Å². The summed E-state index contributed by atoms with van der Waals surface area (Å²) in [5.41, 5.74) is 13.2. The number of hydrogen-bond donors (Lipinski definition) is 3. The summed E-state index contributed by atoms with van der Waals surface area (Å²) in [6.45, 7) is 1.12. The zero-order valence-corrected chi connectivity index (χ0v) is 11.6. The van der Waals surface area contributed by atoms with Crippen LogP contribution in [0, 0.1) is 5.92 Å². The standard InChI is InChI=1S/C15H18N4O2/c16-11-1-2-12-10(7-11)8-13(18-12)15(21)19-5-3-9(4-6-19)14(17)20/h1-2,7-9,18H,3-6,16H2,(H2,17,20). The Labute approximate surface area is 122 Å². The molecule has 2 heterocycles. The Morgan fingerprint density at radius 2 is 1.90 bits per heavy atom. The molecule has 0 bridgehead atoms. The molecule has 0 spiro atoms. The number of benzene rings is 1. The van der Waals surface area contributed by atoms with Crippen LogP contribution < -0.4 is 11.5 Å². The van der Waals surface area contributed by atoms with Crippen LogP contribution in [0.1, 0.15) is 23.3 Å². The topological polar surface area (TPSA) is 105 Å². The van der Waals surface area contributed by atoms with Gasteiger partial charge in [-0.1, -0.05) is 0 Å². The number of amides is 2. The molecule has 21 heavy (non-hydrogen) atoms. The third-order valence-corrected chi connectivity index (χ3v) is 4.06. The smallest absolute Gasteiger partial charge is 0.270 e. The summed E-state index contributed by atoms with van der Waals surface area (Å²) in [7, 11) is 0. The quantitative estimate of drug-likeness (QED) is 0.719. The first-order valence-electron chi connectivity index (χ1n) is 7.01. The number of aromatic nitrogens is 1. The van der Waals surface area contributed by atoms with Gasteiger partial charge >= 0.3 is 0 Å². The van der Waals surface area contributed by atoms with Crippen LogP contribution in [-0.4, -0.2) is 34.8 Å². The van der Waals surface area contributed by atoms with Crippen LogP contribution in [0.2, 0.25) is 0 Å². The van der Waals surface area contributed by atoms with Gasteiger partial charge in [-0.15, -0.1) is 0 Å². The molecule has 1 fully saturated rings. The molecule has 1 aromatic carbocycles. The number of carbonyl (C=O) groups is 2. The SMILES string of the molecule is NC(=O)C1CCN(C(=O)c2cc3cc(N)ccc3[nH]2)CC1. The van der Waals surface area contributed by atoms with Crippen molar-refractivity contribution in [1.82, 2.24) is 9.88 Å². The first-order valence-corrected chi connectivity index (χ1v) is 7.01. The summed E-state index contributed by atoms with van der Waals surface area (Å²) in [5.74, 6) is -0.438. The molecule has 5 N–H and O–H groups in total. The van der Waals surface area contributed by atoms with E-state index in [1.807, 2.05) is 18.2 Å². The molecule has 0 aliphatic carbocycles. The van der Waals surface area contributed by atoms with Crippen LogP contribution in [0.25, 0.3) is 10.9 Å². The number of nitrogens with two attached hydrogens (primary N) is 2. The van der Waals surface area contributed by atoms with Gasteiger partial charge in [-0.05, 0) is 37.1 Å². The Kier molecular flexibility index (Phi) is 3.29. The van der Waals surface area contributed by atoms with E-state index in [1.165, 1.54) is 0 Å². The van der Waals surface area contributed by atoms with Gasteiger partial charge in [0.05, 0.1) is 0 Å². The fourth-order valence-electron chi connectivity index (χ4n) is 2.80. The van der Waals surface area contributed by atoms with E-state index in [9.17, 15) is 9.59 Å². The lowest BCUT2D eigenvalue weighted by Gasteiger charge is -2.30. The Balaban J connectivity index is 1.76. The van der Waals surface area contributed by atoms with E-state index in [2.05, 4.69) is 4.98 Å². The predicted molar refractivity (Wildman–Crippen MR) is 80.5 cm³/mol. The molecule has 0 saturated carbocycles. The van der Waals surface area contributed by atoms with E-state index in [4.69, 9.17) is 11.5 Å².